The Morgan fingerprint density at radius 1 is 1.47 bits per heavy atom. The fourth-order valence-corrected chi connectivity index (χ4v) is 1.72. The van der Waals surface area contributed by atoms with Crippen molar-refractivity contribution in [3.05, 3.63) is 29.6 Å². The number of nitrogens with one attached hydrogen (secondary N) is 1. The van der Waals surface area contributed by atoms with Crippen LogP contribution in [0.4, 0.5) is 0 Å². The van der Waals surface area contributed by atoms with Gasteiger partial charge in [-0.15, -0.1) is 0 Å². The number of aromatic nitrogens is 1. The molecular formula is C12H20N2O. The third-order valence-electron chi connectivity index (χ3n) is 2.64. The van der Waals surface area contributed by atoms with Crippen LogP contribution in [0, 0.1) is 6.92 Å². The topological polar surface area (TPSA) is 45.2 Å². The maximum absolute atomic E-state index is 8.82. The van der Waals surface area contributed by atoms with E-state index in [9.17, 15) is 0 Å². The fourth-order valence-electron chi connectivity index (χ4n) is 1.72. The highest BCUT2D eigenvalue weighted by atomic mass is 16.3. The molecule has 0 aliphatic carbocycles. The second kappa shape index (κ2) is 5.83. The maximum atomic E-state index is 8.82. The molecule has 0 amide bonds. The minimum atomic E-state index is 0.229. The van der Waals surface area contributed by atoms with Crippen molar-refractivity contribution < 1.29 is 5.11 Å². The van der Waals surface area contributed by atoms with Gasteiger partial charge in [-0.2, -0.15) is 0 Å². The molecule has 1 heterocycles. The molecule has 0 aromatic carbocycles. The molecule has 0 saturated carbocycles. The van der Waals surface area contributed by atoms with Crippen LogP contribution >= 0.6 is 0 Å². The molecule has 2 unspecified atom stereocenters. The molecule has 0 aliphatic rings. The summed E-state index contributed by atoms with van der Waals surface area (Å²) in [5.41, 5.74) is 2.48. The molecule has 0 aliphatic heterocycles. The van der Waals surface area contributed by atoms with Crippen LogP contribution in [0.1, 0.15) is 37.4 Å². The Morgan fingerprint density at radius 2 is 2.20 bits per heavy atom. The highest BCUT2D eigenvalue weighted by molar-refractivity contribution is 5.24. The standard InChI is InChI=1S/C12H20N2O/c1-9-4-6-13-8-12(9)11(3)14-10(2)5-7-15/h4,6,8,10-11,14-15H,5,7H2,1-3H3. The van der Waals surface area contributed by atoms with E-state index in [1.165, 1.54) is 11.1 Å². The Labute approximate surface area is 91.5 Å². The molecule has 1 rings (SSSR count). The molecule has 1 aromatic rings. The van der Waals surface area contributed by atoms with Gasteiger partial charge in [-0.05, 0) is 44.4 Å². The zero-order valence-electron chi connectivity index (χ0n) is 9.70. The summed E-state index contributed by atoms with van der Waals surface area (Å²) in [6.45, 7) is 6.52. The van der Waals surface area contributed by atoms with Crippen molar-refractivity contribution in [1.82, 2.24) is 10.3 Å². The van der Waals surface area contributed by atoms with Gasteiger partial charge in [0.15, 0.2) is 0 Å². The summed E-state index contributed by atoms with van der Waals surface area (Å²) in [6, 6.07) is 2.62. The van der Waals surface area contributed by atoms with Gasteiger partial charge in [0.2, 0.25) is 0 Å². The van der Waals surface area contributed by atoms with E-state index in [1.807, 2.05) is 18.5 Å². The summed E-state index contributed by atoms with van der Waals surface area (Å²) >= 11 is 0. The van der Waals surface area contributed by atoms with Crippen molar-refractivity contribution in [2.45, 2.75) is 39.3 Å². The Balaban J connectivity index is 2.61. The first-order valence-electron chi connectivity index (χ1n) is 5.42. The first kappa shape index (κ1) is 12.1. The maximum Gasteiger partial charge on any atom is 0.0445 e. The van der Waals surface area contributed by atoms with Gasteiger partial charge in [-0.25, -0.2) is 0 Å². The van der Waals surface area contributed by atoms with E-state index >= 15 is 0 Å². The second-order valence-electron chi connectivity index (χ2n) is 4.03. The van der Waals surface area contributed by atoms with Crippen molar-refractivity contribution >= 4 is 0 Å². The lowest BCUT2D eigenvalue weighted by Gasteiger charge is -2.20. The van der Waals surface area contributed by atoms with Gasteiger partial charge < -0.3 is 10.4 Å². The lowest BCUT2D eigenvalue weighted by atomic mass is 10.0. The molecular weight excluding hydrogens is 188 g/mol. The smallest absolute Gasteiger partial charge is 0.0445 e. The van der Waals surface area contributed by atoms with Gasteiger partial charge in [-0.3, -0.25) is 4.98 Å². The van der Waals surface area contributed by atoms with Gasteiger partial charge in [0.25, 0.3) is 0 Å². The number of aliphatic hydroxyl groups excluding tert-OH is 1. The molecule has 3 heteroatoms. The monoisotopic (exact) mass is 208 g/mol. The number of hydrogen-bond donors (Lipinski definition) is 2. The lowest BCUT2D eigenvalue weighted by Crippen LogP contribution is -2.30. The van der Waals surface area contributed by atoms with E-state index in [4.69, 9.17) is 5.11 Å². The minimum absolute atomic E-state index is 0.229. The van der Waals surface area contributed by atoms with Crippen LogP contribution in [-0.4, -0.2) is 22.7 Å². The fraction of sp³-hybridized carbons (Fsp3) is 0.583. The molecule has 1 aromatic heterocycles. The van der Waals surface area contributed by atoms with E-state index in [1.54, 1.807) is 0 Å². The van der Waals surface area contributed by atoms with Crippen LogP contribution in [0.15, 0.2) is 18.5 Å². The summed E-state index contributed by atoms with van der Waals surface area (Å²) in [6.07, 6.45) is 4.49. The minimum Gasteiger partial charge on any atom is -0.396 e. The molecule has 84 valence electrons. The average molecular weight is 208 g/mol. The third-order valence-corrected chi connectivity index (χ3v) is 2.64. The van der Waals surface area contributed by atoms with Crippen LogP contribution in [0.5, 0.6) is 0 Å². The quantitative estimate of drug-likeness (QED) is 0.775. The first-order valence-corrected chi connectivity index (χ1v) is 5.42. The van der Waals surface area contributed by atoms with Gasteiger partial charge in [0.1, 0.15) is 0 Å². The summed E-state index contributed by atoms with van der Waals surface area (Å²) < 4.78 is 0. The number of aliphatic hydroxyl groups is 1. The number of pyridine rings is 1. The molecule has 3 nitrogen and oxygen atoms in total. The third kappa shape index (κ3) is 3.61. The lowest BCUT2D eigenvalue weighted by molar-refractivity contribution is 0.264. The van der Waals surface area contributed by atoms with Crippen molar-refractivity contribution in [3.63, 3.8) is 0 Å². The molecule has 0 radical (unpaired) electrons. The molecule has 2 N–H and O–H groups in total. The molecule has 0 bridgehead atoms. The molecule has 15 heavy (non-hydrogen) atoms. The average Bonchev–Trinajstić information content (AvgIpc) is 2.18. The predicted octanol–water partition coefficient (Wildman–Crippen LogP) is 1.81. The van der Waals surface area contributed by atoms with E-state index in [2.05, 4.69) is 31.1 Å². The molecule has 2 atom stereocenters. The van der Waals surface area contributed by atoms with Crippen molar-refractivity contribution in [1.29, 1.82) is 0 Å². The predicted molar refractivity (Wildman–Crippen MR) is 61.7 cm³/mol. The number of hydrogen-bond acceptors (Lipinski definition) is 3. The number of aryl methyl sites for hydroxylation is 1. The zero-order valence-corrected chi connectivity index (χ0v) is 9.70. The Hall–Kier alpha value is -0.930. The van der Waals surface area contributed by atoms with E-state index in [-0.39, 0.29) is 12.6 Å². The van der Waals surface area contributed by atoms with Crippen molar-refractivity contribution in [3.8, 4) is 0 Å². The number of rotatable bonds is 5. The summed E-state index contributed by atoms with van der Waals surface area (Å²) in [4.78, 5) is 4.13. The van der Waals surface area contributed by atoms with E-state index < -0.39 is 0 Å². The second-order valence-corrected chi connectivity index (χ2v) is 4.03. The van der Waals surface area contributed by atoms with Crippen LogP contribution in [0.25, 0.3) is 0 Å². The highest BCUT2D eigenvalue weighted by Gasteiger charge is 2.10. The summed E-state index contributed by atoms with van der Waals surface area (Å²) in [7, 11) is 0. The normalized spacial score (nSPS) is 14.9. The molecule has 0 saturated heterocycles. The molecule has 0 spiro atoms. The van der Waals surface area contributed by atoms with Gasteiger partial charge in [-0.1, -0.05) is 0 Å². The van der Waals surface area contributed by atoms with Crippen LogP contribution in [0.2, 0.25) is 0 Å². The highest BCUT2D eigenvalue weighted by Crippen LogP contribution is 2.16. The van der Waals surface area contributed by atoms with Crippen molar-refractivity contribution in [2.75, 3.05) is 6.61 Å². The van der Waals surface area contributed by atoms with E-state index in [0.717, 1.165) is 6.42 Å². The Bertz CT molecular complexity index is 301. The number of nitrogens with zero attached hydrogens (tertiary/aromatic N) is 1. The van der Waals surface area contributed by atoms with Crippen LogP contribution in [-0.2, 0) is 0 Å². The first-order chi connectivity index (χ1) is 7.15. The summed E-state index contributed by atoms with van der Waals surface area (Å²) in [5, 5.41) is 12.3. The Morgan fingerprint density at radius 3 is 2.80 bits per heavy atom. The molecule has 0 fully saturated rings. The SMILES string of the molecule is Cc1ccncc1C(C)NC(C)CCO. The van der Waals surface area contributed by atoms with Crippen LogP contribution < -0.4 is 5.32 Å². The van der Waals surface area contributed by atoms with Crippen molar-refractivity contribution in [2.24, 2.45) is 0 Å². The van der Waals surface area contributed by atoms with Gasteiger partial charge in [0.05, 0.1) is 0 Å². The zero-order chi connectivity index (χ0) is 11.3. The van der Waals surface area contributed by atoms with Gasteiger partial charge >= 0.3 is 0 Å². The van der Waals surface area contributed by atoms with Gasteiger partial charge in [0, 0.05) is 31.1 Å². The summed E-state index contributed by atoms with van der Waals surface area (Å²) in [5.74, 6) is 0. The van der Waals surface area contributed by atoms with Crippen LogP contribution in [0.3, 0.4) is 0 Å². The Kier molecular flexibility index (Phi) is 4.72. The van der Waals surface area contributed by atoms with E-state index in [0.29, 0.717) is 6.04 Å². The largest absolute Gasteiger partial charge is 0.396 e.